The number of alkyl halides is 1. The molecule has 0 aliphatic heterocycles. The van der Waals surface area contributed by atoms with Crippen molar-refractivity contribution in [3.63, 3.8) is 0 Å². The molecule has 2 aliphatic rings. The summed E-state index contributed by atoms with van der Waals surface area (Å²) < 4.78 is 34.9. The van der Waals surface area contributed by atoms with Crippen LogP contribution in [-0.4, -0.2) is 30.2 Å². The van der Waals surface area contributed by atoms with Gasteiger partial charge in [0.1, 0.15) is 22.6 Å². The van der Waals surface area contributed by atoms with Crippen molar-refractivity contribution in [1.29, 1.82) is 0 Å². The number of benzene rings is 2. The fourth-order valence-corrected chi connectivity index (χ4v) is 7.59. The molecule has 2 aromatic carbocycles. The number of thioether (sulfide) groups is 1. The minimum absolute atomic E-state index is 0.0372. The molecule has 1 atom stereocenters. The molecule has 1 fully saturated rings. The standard InChI is InChI=1S/C31H32ClF2NO2S2/c1-37-27-14-11-20(19-7-6-10-24(16-19)38-2)15-21(27)18-35(23-8-4-3-5-9-23)31(36)30-28(32)25-17-22(33)12-13-26(34)29(25)39-30/h6-7,10-12,14-16,23,26H,3-5,8-9,13,17-18H2,1-2H3/t26-/m0/s1. The van der Waals surface area contributed by atoms with Crippen LogP contribution in [0.2, 0.25) is 5.02 Å². The summed E-state index contributed by atoms with van der Waals surface area (Å²) in [5.74, 6) is 0.0715. The van der Waals surface area contributed by atoms with Crippen molar-refractivity contribution in [2.24, 2.45) is 0 Å². The molecule has 0 radical (unpaired) electrons. The lowest BCUT2D eigenvalue weighted by molar-refractivity contribution is 0.0617. The number of hydrogen-bond acceptors (Lipinski definition) is 4. The first-order valence-corrected chi connectivity index (χ1v) is 15.7. The number of halogens is 3. The lowest BCUT2D eigenvalue weighted by Gasteiger charge is -2.35. The van der Waals surface area contributed by atoms with E-state index in [9.17, 15) is 13.6 Å². The van der Waals surface area contributed by atoms with Gasteiger partial charge in [-0.25, -0.2) is 8.78 Å². The van der Waals surface area contributed by atoms with Crippen molar-refractivity contribution in [2.75, 3.05) is 13.4 Å². The lowest BCUT2D eigenvalue weighted by Crippen LogP contribution is -2.40. The fourth-order valence-electron chi connectivity index (χ4n) is 5.55. The van der Waals surface area contributed by atoms with E-state index < -0.39 is 12.0 Å². The number of methoxy groups -OCH3 is 1. The van der Waals surface area contributed by atoms with Crippen LogP contribution >= 0.6 is 34.7 Å². The second kappa shape index (κ2) is 12.4. The monoisotopic (exact) mass is 587 g/mol. The number of amides is 1. The maximum Gasteiger partial charge on any atom is 0.266 e. The molecule has 1 heterocycles. The van der Waals surface area contributed by atoms with Crippen LogP contribution in [0.25, 0.3) is 11.1 Å². The first-order valence-electron chi connectivity index (χ1n) is 13.3. The maximum atomic E-state index is 14.9. The molecular weight excluding hydrogens is 556 g/mol. The molecule has 206 valence electrons. The van der Waals surface area contributed by atoms with Gasteiger partial charge >= 0.3 is 0 Å². The number of carbonyl (C=O) groups is 1. The van der Waals surface area contributed by atoms with Gasteiger partial charge in [-0.15, -0.1) is 23.1 Å². The van der Waals surface area contributed by atoms with Crippen LogP contribution in [-0.2, 0) is 13.0 Å². The summed E-state index contributed by atoms with van der Waals surface area (Å²) >= 11 is 9.47. The van der Waals surface area contributed by atoms with Gasteiger partial charge in [0.15, 0.2) is 0 Å². The summed E-state index contributed by atoms with van der Waals surface area (Å²) in [6.07, 6.45) is 6.87. The van der Waals surface area contributed by atoms with Gasteiger partial charge in [-0.1, -0.05) is 49.1 Å². The Morgan fingerprint density at radius 3 is 2.67 bits per heavy atom. The molecule has 8 heteroatoms. The summed E-state index contributed by atoms with van der Waals surface area (Å²) in [7, 11) is 1.64. The highest BCUT2D eigenvalue weighted by molar-refractivity contribution is 7.98. The average Bonchev–Trinajstić information content (AvgIpc) is 3.22. The third kappa shape index (κ3) is 6.06. The minimum Gasteiger partial charge on any atom is -0.496 e. The molecule has 0 unspecified atom stereocenters. The van der Waals surface area contributed by atoms with E-state index in [1.165, 1.54) is 11.0 Å². The van der Waals surface area contributed by atoms with Gasteiger partial charge < -0.3 is 9.64 Å². The zero-order chi connectivity index (χ0) is 27.5. The van der Waals surface area contributed by atoms with Gasteiger partial charge in [-0.2, -0.15) is 0 Å². The number of allylic oxidation sites excluding steroid dienone is 2. The van der Waals surface area contributed by atoms with Gasteiger partial charge in [0.2, 0.25) is 0 Å². The van der Waals surface area contributed by atoms with Crippen LogP contribution in [0.3, 0.4) is 0 Å². The Morgan fingerprint density at radius 2 is 1.92 bits per heavy atom. The quantitative estimate of drug-likeness (QED) is 0.258. The molecule has 1 saturated carbocycles. The molecule has 3 nitrogen and oxygen atoms in total. The lowest BCUT2D eigenvalue weighted by atomic mass is 9.93. The second-order valence-electron chi connectivity index (χ2n) is 10.1. The SMILES string of the molecule is COc1ccc(-c2cccc(SC)c2)cc1CN(C(=O)c1sc2c(c1Cl)CC(F)=CC[C@@H]2F)C1CCCCC1. The third-order valence-corrected chi connectivity index (χ3v) is 10.2. The molecule has 5 rings (SSSR count). The van der Waals surface area contributed by atoms with Crippen molar-refractivity contribution in [2.45, 2.75) is 68.6 Å². The van der Waals surface area contributed by atoms with Crippen molar-refractivity contribution in [1.82, 2.24) is 4.90 Å². The highest BCUT2D eigenvalue weighted by Gasteiger charge is 2.33. The Morgan fingerprint density at radius 1 is 1.15 bits per heavy atom. The van der Waals surface area contributed by atoms with Gasteiger partial charge in [0.25, 0.3) is 5.91 Å². The number of nitrogens with zero attached hydrogens (tertiary/aromatic N) is 1. The normalized spacial score (nSPS) is 17.8. The van der Waals surface area contributed by atoms with Crippen molar-refractivity contribution < 1.29 is 18.3 Å². The highest BCUT2D eigenvalue weighted by atomic mass is 35.5. The molecule has 1 amide bonds. The first-order chi connectivity index (χ1) is 18.9. The van der Waals surface area contributed by atoms with E-state index in [2.05, 4.69) is 30.5 Å². The third-order valence-electron chi connectivity index (χ3n) is 7.64. The van der Waals surface area contributed by atoms with Crippen molar-refractivity contribution in [3.8, 4) is 16.9 Å². The topological polar surface area (TPSA) is 29.5 Å². The molecule has 0 saturated heterocycles. The largest absolute Gasteiger partial charge is 0.496 e. The number of thiophene rings is 1. The number of fused-ring (bicyclic) bond motifs is 1. The molecule has 1 aromatic heterocycles. The molecular formula is C31H32ClF2NO2S2. The number of rotatable bonds is 7. The van der Waals surface area contributed by atoms with Gasteiger partial charge in [-0.3, -0.25) is 4.79 Å². The number of carbonyl (C=O) groups excluding carboxylic acids is 1. The average molecular weight is 588 g/mol. The second-order valence-corrected chi connectivity index (χ2v) is 12.4. The predicted molar refractivity (Wildman–Crippen MR) is 158 cm³/mol. The van der Waals surface area contributed by atoms with Gasteiger partial charge in [0.05, 0.1) is 12.1 Å². The minimum atomic E-state index is -1.37. The maximum absolute atomic E-state index is 14.9. The molecule has 0 N–H and O–H groups in total. The van der Waals surface area contributed by atoms with Gasteiger partial charge in [-0.05, 0) is 66.1 Å². The van der Waals surface area contributed by atoms with E-state index in [1.807, 2.05) is 23.1 Å². The summed E-state index contributed by atoms with van der Waals surface area (Å²) in [4.78, 5) is 17.9. The molecule has 3 aromatic rings. The first kappa shape index (κ1) is 28.2. The highest BCUT2D eigenvalue weighted by Crippen LogP contribution is 2.44. The summed E-state index contributed by atoms with van der Waals surface area (Å²) in [5.41, 5.74) is 3.44. The van der Waals surface area contributed by atoms with Crippen LogP contribution < -0.4 is 4.74 Å². The van der Waals surface area contributed by atoms with Crippen molar-refractivity contribution in [3.05, 3.63) is 80.3 Å². The van der Waals surface area contributed by atoms with Crippen LogP contribution in [0.4, 0.5) is 8.78 Å². The number of hydrogen-bond donors (Lipinski definition) is 0. The zero-order valence-corrected chi connectivity index (χ0v) is 24.5. The van der Waals surface area contributed by atoms with E-state index in [4.69, 9.17) is 16.3 Å². The molecule has 2 aliphatic carbocycles. The van der Waals surface area contributed by atoms with E-state index >= 15 is 0 Å². The summed E-state index contributed by atoms with van der Waals surface area (Å²) in [6, 6.07) is 14.5. The zero-order valence-electron chi connectivity index (χ0n) is 22.1. The van der Waals surface area contributed by atoms with Crippen LogP contribution in [0, 0.1) is 0 Å². The fraction of sp³-hybridized carbons (Fsp3) is 0.387. The Labute approximate surface area is 242 Å². The van der Waals surface area contributed by atoms with E-state index in [-0.39, 0.29) is 29.8 Å². The van der Waals surface area contributed by atoms with Crippen LogP contribution in [0.5, 0.6) is 5.75 Å². The van der Waals surface area contributed by atoms with Crippen LogP contribution in [0.1, 0.15) is 70.4 Å². The Balaban J connectivity index is 1.53. The molecule has 0 bridgehead atoms. The molecule has 0 spiro atoms. The predicted octanol–water partition coefficient (Wildman–Crippen LogP) is 9.58. The molecule has 39 heavy (non-hydrogen) atoms. The van der Waals surface area contributed by atoms with E-state index in [0.29, 0.717) is 27.6 Å². The summed E-state index contributed by atoms with van der Waals surface area (Å²) in [5, 5.41) is 0.184. The smallest absolute Gasteiger partial charge is 0.266 e. The summed E-state index contributed by atoms with van der Waals surface area (Å²) in [6.45, 7) is 0.342. The Bertz CT molecular complexity index is 1380. The Kier molecular flexibility index (Phi) is 8.99. The van der Waals surface area contributed by atoms with Crippen molar-refractivity contribution >= 4 is 40.6 Å². The number of ether oxygens (including phenoxy) is 1. The van der Waals surface area contributed by atoms with Crippen LogP contribution in [0.15, 0.2) is 59.3 Å². The van der Waals surface area contributed by atoms with E-state index in [0.717, 1.165) is 60.1 Å². The van der Waals surface area contributed by atoms with E-state index in [1.54, 1.807) is 18.9 Å². The Hall–Kier alpha value is -2.35. The van der Waals surface area contributed by atoms with Gasteiger partial charge in [0, 0.05) is 40.8 Å².